The number of fused-ring (bicyclic) bond motifs is 1. The van der Waals surface area contributed by atoms with E-state index in [0.717, 1.165) is 17.1 Å². The quantitative estimate of drug-likeness (QED) is 0.896. The van der Waals surface area contributed by atoms with Crippen LogP contribution in [0.2, 0.25) is 0 Å². The fraction of sp³-hybridized carbons (Fsp3) is 0.312. The molecule has 0 spiro atoms. The molecule has 20 heavy (non-hydrogen) atoms. The molecule has 0 saturated carbocycles. The summed E-state index contributed by atoms with van der Waals surface area (Å²) in [6.07, 6.45) is 9.56. The van der Waals surface area contributed by atoms with Crippen LogP contribution in [0.3, 0.4) is 0 Å². The lowest BCUT2D eigenvalue weighted by molar-refractivity contribution is 0.985. The third-order valence-electron chi connectivity index (χ3n) is 3.09. The van der Waals surface area contributed by atoms with Gasteiger partial charge in [-0.25, -0.2) is 0 Å². The summed E-state index contributed by atoms with van der Waals surface area (Å²) in [6, 6.07) is 3.94. The van der Waals surface area contributed by atoms with Gasteiger partial charge in [-0.15, -0.1) is 0 Å². The van der Waals surface area contributed by atoms with Gasteiger partial charge in [0.2, 0.25) is 0 Å². The molecule has 4 nitrogen and oxygen atoms in total. The molecule has 3 heterocycles. The minimum Gasteiger partial charge on any atom is -0.346 e. The van der Waals surface area contributed by atoms with Crippen molar-refractivity contribution in [3.8, 4) is 0 Å². The molecule has 0 aliphatic carbocycles. The van der Waals surface area contributed by atoms with Gasteiger partial charge in [0.25, 0.3) is 0 Å². The Morgan fingerprint density at radius 3 is 2.95 bits per heavy atom. The van der Waals surface area contributed by atoms with E-state index in [1.807, 2.05) is 44.6 Å². The van der Waals surface area contributed by atoms with Gasteiger partial charge in [0.1, 0.15) is 5.84 Å². The van der Waals surface area contributed by atoms with Crippen LogP contribution in [0.25, 0.3) is 0 Å². The number of rotatable bonds is 2. The van der Waals surface area contributed by atoms with E-state index in [2.05, 4.69) is 33.3 Å². The molecule has 1 atom stereocenters. The van der Waals surface area contributed by atoms with E-state index in [-0.39, 0.29) is 0 Å². The molecule has 0 radical (unpaired) electrons. The van der Waals surface area contributed by atoms with Crippen molar-refractivity contribution in [2.24, 2.45) is 15.9 Å². The first-order chi connectivity index (χ1) is 9.84. The van der Waals surface area contributed by atoms with E-state index in [9.17, 15) is 0 Å². The predicted octanol–water partition coefficient (Wildman–Crippen LogP) is 3.10. The first-order valence-electron chi connectivity index (χ1n) is 6.96. The van der Waals surface area contributed by atoms with Crippen LogP contribution < -0.4 is 5.32 Å². The number of hydrogen-bond acceptors (Lipinski definition) is 3. The van der Waals surface area contributed by atoms with E-state index in [0.29, 0.717) is 12.5 Å². The molecule has 3 rings (SSSR count). The number of nitrogens with zero attached hydrogens (tertiary/aromatic N) is 3. The van der Waals surface area contributed by atoms with Crippen LogP contribution >= 0.6 is 0 Å². The zero-order chi connectivity index (χ0) is 14.4. The maximum absolute atomic E-state index is 4.58. The Bertz CT molecular complexity index is 567. The Balaban J connectivity index is 0.000000704. The van der Waals surface area contributed by atoms with Gasteiger partial charge in [-0.1, -0.05) is 26.0 Å². The average Bonchev–Trinajstić information content (AvgIpc) is 2.90. The number of allylic oxidation sites excluding steroid dienone is 2. The molecule has 1 aromatic heterocycles. The zero-order valence-corrected chi connectivity index (χ0v) is 12.2. The number of aliphatic imine (C=N–C) groups is 2. The van der Waals surface area contributed by atoms with Gasteiger partial charge in [0.15, 0.2) is 0 Å². The Morgan fingerprint density at radius 1 is 1.35 bits per heavy atom. The second-order valence-corrected chi connectivity index (χ2v) is 4.39. The van der Waals surface area contributed by atoms with Gasteiger partial charge >= 0.3 is 0 Å². The normalized spacial score (nSPS) is 21.4. The lowest BCUT2D eigenvalue weighted by atomic mass is 9.95. The van der Waals surface area contributed by atoms with Crippen LogP contribution in [0.15, 0.2) is 58.6 Å². The van der Waals surface area contributed by atoms with Crippen molar-refractivity contribution in [1.29, 1.82) is 0 Å². The second kappa shape index (κ2) is 6.80. The third-order valence-corrected chi connectivity index (χ3v) is 3.09. The molecule has 0 aromatic carbocycles. The smallest absolute Gasteiger partial charge is 0.148 e. The Kier molecular flexibility index (Phi) is 4.82. The average molecular weight is 268 g/mol. The Morgan fingerprint density at radius 2 is 2.20 bits per heavy atom. The van der Waals surface area contributed by atoms with Crippen LogP contribution in [-0.4, -0.2) is 16.5 Å². The summed E-state index contributed by atoms with van der Waals surface area (Å²) < 4.78 is 0. The van der Waals surface area contributed by atoms with Crippen molar-refractivity contribution in [3.63, 3.8) is 0 Å². The van der Waals surface area contributed by atoms with Gasteiger partial charge < -0.3 is 5.32 Å². The molecule has 0 bridgehead atoms. The molecule has 0 fully saturated rings. The van der Waals surface area contributed by atoms with Crippen molar-refractivity contribution in [2.45, 2.75) is 27.3 Å². The summed E-state index contributed by atoms with van der Waals surface area (Å²) in [5, 5.41) is 3.17. The summed E-state index contributed by atoms with van der Waals surface area (Å²) in [5.41, 5.74) is 3.37. The van der Waals surface area contributed by atoms with E-state index >= 15 is 0 Å². The summed E-state index contributed by atoms with van der Waals surface area (Å²) in [6.45, 7) is 6.71. The van der Waals surface area contributed by atoms with E-state index < -0.39 is 0 Å². The lowest BCUT2D eigenvalue weighted by Gasteiger charge is -2.18. The highest BCUT2D eigenvalue weighted by Gasteiger charge is 2.26. The van der Waals surface area contributed by atoms with Crippen LogP contribution in [0, 0.1) is 5.92 Å². The predicted molar refractivity (Wildman–Crippen MR) is 83.7 cm³/mol. The van der Waals surface area contributed by atoms with Crippen LogP contribution in [-0.2, 0) is 6.54 Å². The summed E-state index contributed by atoms with van der Waals surface area (Å²) >= 11 is 0. The largest absolute Gasteiger partial charge is 0.346 e. The minimum absolute atomic E-state index is 0.291. The van der Waals surface area contributed by atoms with E-state index in [1.165, 1.54) is 5.57 Å². The molecule has 2 aliphatic heterocycles. The molecule has 2 aliphatic rings. The van der Waals surface area contributed by atoms with Gasteiger partial charge in [-0.2, -0.15) is 0 Å². The molecule has 4 heteroatoms. The third kappa shape index (κ3) is 3.02. The maximum atomic E-state index is 4.58. The Labute approximate surface area is 120 Å². The minimum atomic E-state index is 0.291. The first-order valence-corrected chi connectivity index (χ1v) is 6.96. The number of amidine groups is 1. The first kappa shape index (κ1) is 14.2. The summed E-state index contributed by atoms with van der Waals surface area (Å²) in [4.78, 5) is 13.1. The van der Waals surface area contributed by atoms with Gasteiger partial charge in [-0.3, -0.25) is 15.0 Å². The highest BCUT2D eigenvalue weighted by atomic mass is 15.0. The van der Waals surface area contributed by atoms with Crippen molar-refractivity contribution in [1.82, 2.24) is 10.3 Å². The van der Waals surface area contributed by atoms with Crippen molar-refractivity contribution >= 4 is 11.5 Å². The molecular formula is C16H20N4. The van der Waals surface area contributed by atoms with E-state index in [4.69, 9.17) is 0 Å². The van der Waals surface area contributed by atoms with Crippen LogP contribution in [0.1, 0.15) is 26.3 Å². The van der Waals surface area contributed by atoms with Crippen LogP contribution in [0.5, 0.6) is 0 Å². The number of nitrogens with one attached hydrogen (secondary N) is 1. The molecule has 1 N–H and O–H groups in total. The van der Waals surface area contributed by atoms with Gasteiger partial charge in [0, 0.05) is 24.5 Å². The van der Waals surface area contributed by atoms with E-state index in [1.54, 1.807) is 6.20 Å². The second-order valence-electron chi connectivity index (χ2n) is 4.39. The fourth-order valence-corrected chi connectivity index (χ4v) is 2.08. The monoisotopic (exact) mass is 268 g/mol. The lowest BCUT2D eigenvalue weighted by Crippen LogP contribution is -2.35. The SMILES string of the molecule is CC.CC1=CN=C2C(=NCc3cccnc3)NC=CC12. The standard InChI is InChI=1S/C14H14N4.C2H6/c1-10-7-17-13-12(10)4-6-16-14(13)18-9-11-3-2-5-15-8-11;1-2/h2-8,12H,9H2,1H3,(H,16,18);1-2H3. The highest BCUT2D eigenvalue weighted by molar-refractivity contribution is 6.44. The Hall–Kier alpha value is -2.23. The number of pyridine rings is 1. The number of hydrogen-bond donors (Lipinski definition) is 1. The van der Waals surface area contributed by atoms with Gasteiger partial charge in [0.05, 0.1) is 12.3 Å². The van der Waals surface area contributed by atoms with Crippen molar-refractivity contribution in [2.75, 3.05) is 0 Å². The van der Waals surface area contributed by atoms with Crippen LogP contribution in [0.4, 0.5) is 0 Å². The molecule has 0 saturated heterocycles. The molecule has 0 amide bonds. The summed E-state index contributed by atoms with van der Waals surface area (Å²) in [5.74, 6) is 1.15. The summed E-state index contributed by atoms with van der Waals surface area (Å²) in [7, 11) is 0. The van der Waals surface area contributed by atoms with Gasteiger partial charge in [-0.05, 0) is 30.3 Å². The molecular weight excluding hydrogens is 248 g/mol. The molecule has 104 valence electrons. The fourth-order valence-electron chi connectivity index (χ4n) is 2.08. The highest BCUT2D eigenvalue weighted by Crippen LogP contribution is 2.23. The zero-order valence-electron chi connectivity index (χ0n) is 12.2. The van der Waals surface area contributed by atoms with Crippen molar-refractivity contribution < 1.29 is 0 Å². The molecule has 1 unspecified atom stereocenters. The number of aromatic nitrogens is 1. The molecule has 1 aromatic rings. The van der Waals surface area contributed by atoms with Crippen molar-refractivity contribution in [3.05, 3.63) is 54.1 Å². The maximum Gasteiger partial charge on any atom is 0.148 e. The topological polar surface area (TPSA) is 49.6 Å².